The van der Waals surface area contributed by atoms with Gasteiger partial charge in [-0.15, -0.1) is 0 Å². The Morgan fingerprint density at radius 3 is 2.56 bits per heavy atom. The Kier molecular flexibility index (Phi) is 7.66. The molecule has 1 saturated heterocycles. The van der Waals surface area contributed by atoms with Crippen LogP contribution in [0.1, 0.15) is 40.9 Å². The van der Waals surface area contributed by atoms with Crippen molar-refractivity contribution >= 4 is 29.4 Å². The first-order valence-electron chi connectivity index (χ1n) is 11.3. The standard InChI is InChI=1S/C27H30N4O/c32-27(29-16-7-19-31-17-3-4-18-31)23-9-6-12-26(21-23)30-25-11-5-8-22(20-25)13-14-24-10-1-2-15-28-24/h1-2,5-6,8-15,20-21,30H,3-4,7,16-19H2,(H,29,32). The summed E-state index contributed by atoms with van der Waals surface area (Å²) in [7, 11) is 0. The van der Waals surface area contributed by atoms with E-state index in [1.165, 1.54) is 25.9 Å². The number of nitrogens with zero attached hydrogens (tertiary/aromatic N) is 2. The van der Waals surface area contributed by atoms with E-state index in [1.807, 2.05) is 66.7 Å². The summed E-state index contributed by atoms with van der Waals surface area (Å²) >= 11 is 0. The van der Waals surface area contributed by atoms with Crippen LogP contribution >= 0.6 is 0 Å². The van der Waals surface area contributed by atoms with Gasteiger partial charge in [0.2, 0.25) is 0 Å². The largest absolute Gasteiger partial charge is 0.355 e. The molecular weight excluding hydrogens is 396 g/mol. The fourth-order valence-electron chi connectivity index (χ4n) is 3.89. The molecule has 3 aromatic rings. The van der Waals surface area contributed by atoms with Crippen molar-refractivity contribution in [2.45, 2.75) is 19.3 Å². The van der Waals surface area contributed by atoms with Gasteiger partial charge in [0, 0.05) is 29.7 Å². The number of nitrogens with one attached hydrogen (secondary N) is 2. The summed E-state index contributed by atoms with van der Waals surface area (Å²) in [6.07, 6.45) is 9.41. The Bertz CT molecular complexity index is 1040. The van der Waals surface area contributed by atoms with Gasteiger partial charge in [0.05, 0.1) is 5.69 Å². The normalized spacial score (nSPS) is 14.0. The highest BCUT2D eigenvalue weighted by molar-refractivity contribution is 5.95. The topological polar surface area (TPSA) is 57.3 Å². The Balaban J connectivity index is 1.32. The van der Waals surface area contributed by atoms with Gasteiger partial charge in [-0.2, -0.15) is 0 Å². The molecule has 1 aliphatic heterocycles. The van der Waals surface area contributed by atoms with E-state index in [4.69, 9.17) is 0 Å². The number of amides is 1. The van der Waals surface area contributed by atoms with Crippen molar-refractivity contribution < 1.29 is 4.79 Å². The van der Waals surface area contributed by atoms with Crippen molar-refractivity contribution in [3.8, 4) is 0 Å². The molecule has 0 atom stereocenters. The molecule has 0 aliphatic carbocycles. The number of aromatic nitrogens is 1. The van der Waals surface area contributed by atoms with Gasteiger partial charge in [0.25, 0.3) is 5.91 Å². The van der Waals surface area contributed by atoms with Crippen molar-refractivity contribution in [3.63, 3.8) is 0 Å². The molecule has 0 radical (unpaired) electrons. The van der Waals surface area contributed by atoms with Crippen LogP contribution < -0.4 is 10.6 Å². The third kappa shape index (κ3) is 6.53. The van der Waals surface area contributed by atoms with E-state index < -0.39 is 0 Å². The maximum atomic E-state index is 12.6. The maximum Gasteiger partial charge on any atom is 0.251 e. The molecule has 0 bridgehead atoms. The van der Waals surface area contributed by atoms with Crippen LogP contribution in [0.5, 0.6) is 0 Å². The molecule has 5 heteroatoms. The smallest absolute Gasteiger partial charge is 0.251 e. The summed E-state index contributed by atoms with van der Waals surface area (Å²) in [5.74, 6) is -0.0258. The molecule has 0 unspecified atom stereocenters. The van der Waals surface area contributed by atoms with Crippen LogP contribution in [0.2, 0.25) is 0 Å². The minimum atomic E-state index is -0.0258. The summed E-state index contributed by atoms with van der Waals surface area (Å²) in [4.78, 5) is 19.3. The third-order valence-electron chi connectivity index (χ3n) is 5.57. The van der Waals surface area contributed by atoms with Crippen LogP contribution in [-0.4, -0.2) is 42.0 Å². The van der Waals surface area contributed by atoms with E-state index in [0.29, 0.717) is 12.1 Å². The summed E-state index contributed by atoms with van der Waals surface area (Å²) in [5, 5.41) is 6.45. The Morgan fingerprint density at radius 1 is 0.938 bits per heavy atom. The first-order chi connectivity index (χ1) is 15.8. The van der Waals surface area contributed by atoms with Gasteiger partial charge in [-0.3, -0.25) is 9.78 Å². The quantitative estimate of drug-likeness (QED) is 0.461. The monoisotopic (exact) mass is 426 g/mol. The lowest BCUT2D eigenvalue weighted by atomic mass is 10.1. The van der Waals surface area contributed by atoms with Crippen LogP contribution in [-0.2, 0) is 0 Å². The number of pyridine rings is 1. The van der Waals surface area contributed by atoms with Crippen molar-refractivity contribution in [2.75, 3.05) is 31.5 Å². The second-order valence-corrected chi connectivity index (χ2v) is 8.08. The Labute approximate surface area is 190 Å². The lowest BCUT2D eigenvalue weighted by molar-refractivity contribution is 0.0952. The summed E-state index contributed by atoms with van der Waals surface area (Å²) in [6.45, 7) is 4.16. The molecule has 1 aliphatic rings. The molecular formula is C27H30N4O. The molecule has 2 aromatic carbocycles. The zero-order valence-electron chi connectivity index (χ0n) is 18.3. The molecule has 164 valence electrons. The molecule has 1 fully saturated rings. The number of carbonyl (C=O) groups is 1. The molecule has 1 amide bonds. The first-order valence-corrected chi connectivity index (χ1v) is 11.3. The van der Waals surface area contributed by atoms with E-state index in [2.05, 4.69) is 32.7 Å². The van der Waals surface area contributed by atoms with Gasteiger partial charge in [-0.25, -0.2) is 0 Å². The van der Waals surface area contributed by atoms with Crippen LogP contribution in [0.3, 0.4) is 0 Å². The van der Waals surface area contributed by atoms with E-state index in [9.17, 15) is 4.79 Å². The fourth-order valence-corrected chi connectivity index (χ4v) is 3.89. The predicted molar refractivity (Wildman–Crippen MR) is 132 cm³/mol. The second kappa shape index (κ2) is 11.3. The van der Waals surface area contributed by atoms with Crippen LogP contribution in [0, 0.1) is 0 Å². The molecule has 2 heterocycles. The van der Waals surface area contributed by atoms with Crippen LogP contribution in [0.25, 0.3) is 12.2 Å². The number of carbonyl (C=O) groups excluding carboxylic acids is 1. The summed E-state index contributed by atoms with van der Waals surface area (Å²) < 4.78 is 0. The van der Waals surface area contributed by atoms with Crippen molar-refractivity contribution in [3.05, 3.63) is 89.7 Å². The molecule has 0 saturated carbocycles. The van der Waals surface area contributed by atoms with E-state index in [1.54, 1.807) is 6.20 Å². The highest BCUT2D eigenvalue weighted by Gasteiger charge is 2.11. The zero-order chi connectivity index (χ0) is 22.0. The van der Waals surface area contributed by atoms with Crippen molar-refractivity contribution in [1.29, 1.82) is 0 Å². The number of likely N-dealkylation sites (tertiary alicyclic amines) is 1. The number of hydrogen-bond donors (Lipinski definition) is 2. The SMILES string of the molecule is O=C(NCCCN1CCCC1)c1cccc(Nc2cccc(C=Cc3ccccn3)c2)c1. The first kappa shape index (κ1) is 21.8. The van der Waals surface area contributed by atoms with Crippen molar-refractivity contribution in [2.24, 2.45) is 0 Å². The molecule has 0 spiro atoms. The van der Waals surface area contributed by atoms with E-state index in [-0.39, 0.29) is 5.91 Å². The lowest BCUT2D eigenvalue weighted by Crippen LogP contribution is -2.28. The third-order valence-corrected chi connectivity index (χ3v) is 5.57. The molecule has 4 rings (SSSR count). The minimum absolute atomic E-state index is 0.0258. The van der Waals surface area contributed by atoms with Crippen LogP contribution in [0.4, 0.5) is 11.4 Å². The molecule has 2 N–H and O–H groups in total. The second-order valence-electron chi connectivity index (χ2n) is 8.08. The van der Waals surface area contributed by atoms with Gasteiger partial charge >= 0.3 is 0 Å². The molecule has 32 heavy (non-hydrogen) atoms. The maximum absolute atomic E-state index is 12.6. The van der Waals surface area contributed by atoms with Crippen LogP contribution in [0.15, 0.2) is 72.9 Å². The average Bonchev–Trinajstić information content (AvgIpc) is 3.35. The number of rotatable bonds is 9. The summed E-state index contributed by atoms with van der Waals surface area (Å²) in [5.41, 5.74) is 4.52. The molecule has 5 nitrogen and oxygen atoms in total. The minimum Gasteiger partial charge on any atom is -0.355 e. The number of benzene rings is 2. The Morgan fingerprint density at radius 2 is 1.75 bits per heavy atom. The van der Waals surface area contributed by atoms with Crippen molar-refractivity contribution in [1.82, 2.24) is 15.2 Å². The number of hydrogen-bond acceptors (Lipinski definition) is 4. The highest BCUT2D eigenvalue weighted by atomic mass is 16.1. The van der Waals surface area contributed by atoms with Gasteiger partial charge in [0.15, 0.2) is 0 Å². The summed E-state index contributed by atoms with van der Waals surface area (Å²) in [6, 6.07) is 21.6. The van der Waals surface area contributed by atoms with E-state index in [0.717, 1.165) is 35.6 Å². The van der Waals surface area contributed by atoms with Gasteiger partial charge < -0.3 is 15.5 Å². The van der Waals surface area contributed by atoms with E-state index >= 15 is 0 Å². The fraction of sp³-hybridized carbons (Fsp3) is 0.259. The van der Waals surface area contributed by atoms with Gasteiger partial charge in [-0.1, -0.05) is 30.3 Å². The zero-order valence-corrected chi connectivity index (χ0v) is 18.3. The number of anilines is 2. The predicted octanol–water partition coefficient (Wildman–Crippen LogP) is 5.21. The average molecular weight is 427 g/mol. The van der Waals surface area contributed by atoms with Gasteiger partial charge in [-0.05, 0) is 93.0 Å². The highest BCUT2D eigenvalue weighted by Crippen LogP contribution is 2.20. The lowest BCUT2D eigenvalue weighted by Gasteiger charge is -2.14. The Hall–Kier alpha value is -3.44. The molecule has 1 aromatic heterocycles. The van der Waals surface area contributed by atoms with Gasteiger partial charge in [0.1, 0.15) is 0 Å².